The summed E-state index contributed by atoms with van der Waals surface area (Å²) in [5.41, 5.74) is -0.420. The molecule has 1 aromatic rings. The van der Waals surface area contributed by atoms with Crippen LogP contribution >= 0.6 is 0 Å². The van der Waals surface area contributed by atoms with Crippen molar-refractivity contribution in [2.45, 2.75) is 25.8 Å². The minimum absolute atomic E-state index is 0.121. The lowest BCUT2D eigenvalue weighted by Gasteiger charge is -2.10. The van der Waals surface area contributed by atoms with Gasteiger partial charge in [0, 0.05) is 12.5 Å². The lowest BCUT2D eigenvalue weighted by atomic mass is 10.0. The van der Waals surface area contributed by atoms with Gasteiger partial charge in [0.25, 0.3) is 0 Å². The van der Waals surface area contributed by atoms with Gasteiger partial charge in [-0.15, -0.1) is 0 Å². The molecule has 0 amide bonds. The number of carboxylic acids is 1. The third-order valence-corrected chi connectivity index (χ3v) is 2.86. The van der Waals surface area contributed by atoms with E-state index in [0.29, 0.717) is 6.54 Å². The van der Waals surface area contributed by atoms with Crippen molar-refractivity contribution in [2.24, 2.45) is 12.5 Å². The van der Waals surface area contributed by atoms with Crippen molar-refractivity contribution < 1.29 is 9.90 Å². The fourth-order valence-corrected chi connectivity index (χ4v) is 1.74. The highest BCUT2D eigenvalue weighted by atomic mass is 16.4. The molecule has 82 valence electrons. The molecule has 1 aromatic heterocycles. The van der Waals surface area contributed by atoms with Crippen LogP contribution in [0, 0.1) is 5.41 Å². The minimum Gasteiger partial charge on any atom is -0.481 e. The van der Waals surface area contributed by atoms with E-state index in [9.17, 15) is 9.59 Å². The molecule has 15 heavy (non-hydrogen) atoms. The van der Waals surface area contributed by atoms with E-state index in [1.165, 1.54) is 15.6 Å². The first-order valence-corrected chi connectivity index (χ1v) is 4.83. The Hall–Kier alpha value is -1.59. The van der Waals surface area contributed by atoms with Gasteiger partial charge < -0.3 is 5.11 Å². The molecule has 1 saturated carbocycles. The monoisotopic (exact) mass is 211 g/mol. The highest BCUT2D eigenvalue weighted by molar-refractivity contribution is 5.68. The Balaban J connectivity index is 2.12. The molecule has 1 aliphatic rings. The van der Waals surface area contributed by atoms with Crippen LogP contribution in [-0.4, -0.2) is 25.4 Å². The first kappa shape index (κ1) is 9.95. The molecule has 6 nitrogen and oxygen atoms in total. The summed E-state index contributed by atoms with van der Waals surface area (Å²) in [4.78, 5) is 22.1. The van der Waals surface area contributed by atoms with Gasteiger partial charge in [0.2, 0.25) is 0 Å². The average molecular weight is 211 g/mol. The van der Waals surface area contributed by atoms with Crippen LogP contribution in [0.3, 0.4) is 0 Å². The SMILES string of the molecule is Cn1cnn(CC2(CC(=O)O)CC2)c1=O. The Bertz CT molecular complexity index is 442. The average Bonchev–Trinajstić information content (AvgIpc) is 2.82. The number of aromatic nitrogens is 3. The minimum atomic E-state index is -0.809. The van der Waals surface area contributed by atoms with E-state index in [0.717, 1.165) is 12.8 Å². The molecular formula is C9H13N3O3. The van der Waals surface area contributed by atoms with Crippen molar-refractivity contribution in [2.75, 3.05) is 0 Å². The van der Waals surface area contributed by atoms with Gasteiger partial charge in [0.05, 0.1) is 13.0 Å². The smallest absolute Gasteiger partial charge is 0.345 e. The molecule has 1 heterocycles. The molecule has 1 aliphatic carbocycles. The first-order valence-electron chi connectivity index (χ1n) is 4.83. The predicted molar refractivity (Wildman–Crippen MR) is 51.4 cm³/mol. The van der Waals surface area contributed by atoms with Crippen LogP contribution < -0.4 is 5.69 Å². The molecule has 0 aromatic carbocycles. The summed E-state index contributed by atoms with van der Waals surface area (Å²) in [6, 6.07) is 0. The van der Waals surface area contributed by atoms with Crippen molar-refractivity contribution in [3.8, 4) is 0 Å². The maximum atomic E-state index is 11.5. The number of aliphatic carboxylic acids is 1. The Labute approximate surface area is 86.1 Å². The summed E-state index contributed by atoms with van der Waals surface area (Å²) in [7, 11) is 1.63. The van der Waals surface area contributed by atoms with Crippen LogP contribution in [0.5, 0.6) is 0 Å². The summed E-state index contributed by atoms with van der Waals surface area (Å²) in [6.45, 7) is 0.416. The molecule has 1 fully saturated rings. The van der Waals surface area contributed by atoms with Gasteiger partial charge in [-0.1, -0.05) is 0 Å². The fourth-order valence-electron chi connectivity index (χ4n) is 1.74. The molecule has 0 saturated heterocycles. The fraction of sp³-hybridized carbons (Fsp3) is 0.667. The second kappa shape index (κ2) is 3.22. The number of rotatable bonds is 4. The van der Waals surface area contributed by atoms with Crippen LogP contribution in [-0.2, 0) is 18.4 Å². The van der Waals surface area contributed by atoms with Gasteiger partial charge in [0.15, 0.2) is 0 Å². The maximum Gasteiger partial charge on any atom is 0.345 e. The van der Waals surface area contributed by atoms with Crippen molar-refractivity contribution in [1.82, 2.24) is 14.3 Å². The third-order valence-electron chi connectivity index (χ3n) is 2.86. The predicted octanol–water partition coefficient (Wildman–Crippen LogP) is -0.163. The van der Waals surface area contributed by atoms with Gasteiger partial charge in [-0.25, -0.2) is 9.48 Å². The van der Waals surface area contributed by atoms with E-state index in [2.05, 4.69) is 5.10 Å². The zero-order valence-corrected chi connectivity index (χ0v) is 8.51. The van der Waals surface area contributed by atoms with Gasteiger partial charge in [0.1, 0.15) is 6.33 Å². The van der Waals surface area contributed by atoms with E-state index in [4.69, 9.17) is 5.11 Å². The second-order valence-corrected chi connectivity index (χ2v) is 4.25. The molecule has 2 rings (SSSR count). The molecule has 0 atom stereocenters. The highest BCUT2D eigenvalue weighted by Gasteiger charge is 2.45. The number of carboxylic acid groups (broad SMARTS) is 1. The largest absolute Gasteiger partial charge is 0.481 e. The molecule has 0 bridgehead atoms. The molecule has 0 aliphatic heterocycles. The number of carbonyl (C=O) groups is 1. The Morgan fingerprint density at radius 1 is 1.67 bits per heavy atom. The van der Waals surface area contributed by atoms with Crippen LogP contribution in [0.4, 0.5) is 0 Å². The summed E-state index contributed by atoms with van der Waals surface area (Å²) < 4.78 is 2.73. The topological polar surface area (TPSA) is 77.1 Å². The van der Waals surface area contributed by atoms with Crippen LogP contribution in [0.15, 0.2) is 11.1 Å². The van der Waals surface area contributed by atoms with Crippen molar-refractivity contribution in [1.29, 1.82) is 0 Å². The summed E-state index contributed by atoms with van der Waals surface area (Å²) in [6.07, 6.45) is 3.29. The van der Waals surface area contributed by atoms with E-state index in [1.807, 2.05) is 0 Å². The van der Waals surface area contributed by atoms with Gasteiger partial charge in [-0.3, -0.25) is 9.36 Å². The standard InChI is InChI=1S/C9H13N3O3/c1-11-6-10-12(8(11)15)5-9(2-3-9)4-7(13)14/h6H,2-5H2,1H3,(H,13,14). The molecule has 0 spiro atoms. The molecule has 6 heteroatoms. The maximum absolute atomic E-state index is 11.5. The van der Waals surface area contributed by atoms with Crippen LogP contribution in [0.2, 0.25) is 0 Å². The van der Waals surface area contributed by atoms with Crippen molar-refractivity contribution in [3.63, 3.8) is 0 Å². The van der Waals surface area contributed by atoms with Crippen LogP contribution in [0.25, 0.3) is 0 Å². The molecule has 1 N–H and O–H groups in total. The van der Waals surface area contributed by atoms with E-state index >= 15 is 0 Å². The number of hydrogen-bond donors (Lipinski definition) is 1. The summed E-state index contributed by atoms with van der Waals surface area (Å²) in [5, 5.41) is 12.7. The first-order chi connectivity index (χ1) is 7.02. The lowest BCUT2D eigenvalue weighted by molar-refractivity contribution is -0.138. The normalized spacial score (nSPS) is 17.7. The summed E-state index contributed by atoms with van der Waals surface area (Å²) in [5.74, 6) is -0.809. The van der Waals surface area contributed by atoms with Crippen molar-refractivity contribution >= 4 is 5.97 Å². The quantitative estimate of drug-likeness (QED) is 0.750. The van der Waals surface area contributed by atoms with Gasteiger partial charge >= 0.3 is 11.7 Å². The molecular weight excluding hydrogens is 198 g/mol. The van der Waals surface area contributed by atoms with E-state index < -0.39 is 5.97 Å². The van der Waals surface area contributed by atoms with Crippen LogP contribution in [0.1, 0.15) is 19.3 Å². The van der Waals surface area contributed by atoms with Gasteiger partial charge in [-0.05, 0) is 12.8 Å². The zero-order chi connectivity index (χ0) is 11.1. The molecule has 0 radical (unpaired) electrons. The Morgan fingerprint density at radius 3 is 2.73 bits per heavy atom. The Morgan fingerprint density at radius 2 is 2.33 bits per heavy atom. The van der Waals surface area contributed by atoms with E-state index in [1.54, 1.807) is 7.05 Å². The number of nitrogens with zero attached hydrogens (tertiary/aromatic N) is 3. The highest BCUT2D eigenvalue weighted by Crippen LogP contribution is 2.49. The second-order valence-electron chi connectivity index (χ2n) is 4.25. The number of aryl methyl sites for hydroxylation is 1. The number of hydrogen-bond acceptors (Lipinski definition) is 3. The summed E-state index contributed by atoms with van der Waals surface area (Å²) >= 11 is 0. The Kier molecular flexibility index (Phi) is 2.13. The third kappa shape index (κ3) is 1.93. The van der Waals surface area contributed by atoms with E-state index in [-0.39, 0.29) is 17.5 Å². The molecule has 0 unspecified atom stereocenters. The van der Waals surface area contributed by atoms with Crippen molar-refractivity contribution in [3.05, 3.63) is 16.8 Å². The lowest BCUT2D eigenvalue weighted by Crippen LogP contribution is -2.27. The van der Waals surface area contributed by atoms with Gasteiger partial charge in [-0.2, -0.15) is 5.10 Å². The zero-order valence-electron chi connectivity index (χ0n) is 8.51.